The van der Waals surface area contributed by atoms with Gasteiger partial charge < -0.3 is 0 Å². The van der Waals surface area contributed by atoms with Gasteiger partial charge in [0, 0.05) is 16.7 Å². The van der Waals surface area contributed by atoms with Crippen LogP contribution in [0.2, 0.25) is 0 Å². The van der Waals surface area contributed by atoms with E-state index in [1.165, 1.54) is 23.5 Å². The molecule has 0 spiro atoms. The number of carbonyl (C=O) groups excluding carboxylic acids is 2. The molecule has 6 heteroatoms. The van der Waals surface area contributed by atoms with Crippen molar-refractivity contribution in [2.24, 2.45) is 0 Å². The molecule has 0 unspecified atom stereocenters. The summed E-state index contributed by atoms with van der Waals surface area (Å²) in [6.07, 6.45) is 0. The van der Waals surface area contributed by atoms with Crippen LogP contribution in [0, 0.1) is 5.82 Å². The van der Waals surface area contributed by atoms with Gasteiger partial charge in [-0.15, -0.1) is 0 Å². The highest BCUT2D eigenvalue weighted by Crippen LogP contribution is 2.31. The minimum absolute atomic E-state index is 0.103. The molecule has 0 aliphatic rings. The minimum atomic E-state index is -0.345. The lowest BCUT2D eigenvalue weighted by Gasteiger charge is -2.20. The van der Waals surface area contributed by atoms with Crippen molar-refractivity contribution in [3.63, 3.8) is 0 Å². The van der Waals surface area contributed by atoms with Gasteiger partial charge in [-0.05, 0) is 35.9 Å². The Hall–Kier alpha value is -4.16. The maximum atomic E-state index is 13.7. The van der Waals surface area contributed by atoms with Gasteiger partial charge in [0.1, 0.15) is 5.82 Å². The molecule has 0 aliphatic carbocycles. The summed E-state index contributed by atoms with van der Waals surface area (Å²) in [5.41, 5.74) is 3.11. The molecule has 0 saturated carbocycles. The zero-order valence-corrected chi connectivity index (χ0v) is 18.8. The fourth-order valence-electron chi connectivity index (χ4n) is 3.67. The van der Waals surface area contributed by atoms with Crippen LogP contribution in [0.15, 0.2) is 103 Å². The van der Waals surface area contributed by atoms with Crippen LogP contribution in [0.1, 0.15) is 31.8 Å². The Morgan fingerprint density at radius 2 is 1.38 bits per heavy atom. The smallest absolute Gasteiger partial charge is 0.260 e. The van der Waals surface area contributed by atoms with Gasteiger partial charge in [0.25, 0.3) is 5.91 Å². The van der Waals surface area contributed by atoms with Gasteiger partial charge in [-0.1, -0.05) is 84.1 Å². The highest BCUT2D eigenvalue weighted by molar-refractivity contribution is 7.22. The Labute approximate surface area is 199 Å². The lowest BCUT2D eigenvalue weighted by molar-refractivity contribution is 0.0982. The van der Waals surface area contributed by atoms with Gasteiger partial charge in [0.15, 0.2) is 10.9 Å². The second kappa shape index (κ2) is 9.37. The summed E-state index contributed by atoms with van der Waals surface area (Å²) in [5.74, 6) is -0.696. The first-order valence-electron chi connectivity index (χ1n) is 10.7. The molecule has 0 fully saturated rings. The van der Waals surface area contributed by atoms with Crippen LogP contribution >= 0.6 is 11.3 Å². The van der Waals surface area contributed by atoms with Crippen LogP contribution in [0.4, 0.5) is 9.52 Å². The predicted octanol–water partition coefficient (Wildman–Crippen LogP) is 6.51. The number of benzene rings is 4. The van der Waals surface area contributed by atoms with Gasteiger partial charge in [-0.3, -0.25) is 14.5 Å². The van der Waals surface area contributed by atoms with Crippen molar-refractivity contribution in [3.05, 3.63) is 131 Å². The number of aromatic nitrogens is 1. The zero-order valence-electron chi connectivity index (χ0n) is 18.0. The number of fused-ring (bicyclic) bond motifs is 1. The highest BCUT2D eigenvalue weighted by atomic mass is 32.1. The number of anilines is 1. The Balaban J connectivity index is 1.48. The van der Waals surface area contributed by atoms with E-state index < -0.39 is 0 Å². The Kier molecular flexibility index (Phi) is 5.97. The Morgan fingerprint density at radius 1 is 0.765 bits per heavy atom. The summed E-state index contributed by atoms with van der Waals surface area (Å²) in [7, 11) is 0. The van der Waals surface area contributed by atoms with Crippen LogP contribution < -0.4 is 4.90 Å². The molecule has 34 heavy (non-hydrogen) atoms. The number of amides is 1. The van der Waals surface area contributed by atoms with E-state index in [0.717, 1.165) is 5.56 Å². The first-order valence-corrected chi connectivity index (χ1v) is 11.5. The van der Waals surface area contributed by atoms with E-state index in [2.05, 4.69) is 4.98 Å². The number of ketones is 1. The number of thiazole rings is 1. The molecule has 1 heterocycles. The SMILES string of the molecule is O=C(c1ccccc1)c1ccc(C(=O)N(Cc2ccccc2)c2nc3ccc(F)cc3s2)cc1. The molecule has 5 rings (SSSR count). The maximum absolute atomic E-state index is 13.7. The fraction of sp³-hybridized carbons (Fsp3) is 0.0357. The second-order valence-corrected chi connectivity index (χ2v) is 8.77. The molecule has 5 aromatic rings. The van der Waals surface area contributed by atoms with E-state index in [1.54, 1.807) is 47.4 Å². The summed E-state index contributed by atoms with van der Waals surface area (Å²) in [5, 5.41) is 0.485. The largest absolute Gasteiger partial charge is 0.289 e. The lowest BCUT2D eigenvalue weighted by atomic mass is 10.0. The first-order chi connectivity index (χ1) is 16.6. The summed E-state index contributed by atoms with van der Waals surface area (Å²) < 4.78 is 14.4. The molecule has 166 valence electrons. The topological polar surface area (TPSA) is 50.3 Å². The highest BCUT2D eigenvalue weighted by Gasteiger charge is 2.22. The summed E-state index contributed by atoms with van der Waals surface area (Å²) in [6, 6.07) is 29.7. The van der Waals surface area contributed by atoms with Crippen molar-refractivity contribution >= 4 is 38.4 Å². The summed E-state index contributed by atoms with van der Waals surface area (Å²) >= 11 is 1.27. The van der Waals surface area contributed by atoms with Gasteiger partial charge in [-0.25, -0.2) is 9.37 Å². The fourth-order valence-corrected chi connectivity index (χ4v) is 4.66. The van der Waals surface area contributed by atoms with Crippen molar-refractivity contribution in [2.75, 3.05) is 4.90 Å². The quantitative estimate of drug-likeness (QED) is 0.268. The lowest BCUT2D eigenvalue weighted by Crippen LogP contribution is -2.30. The maximum Gasteiger partial charge on any atom is 0.260 e. The summed E-state index contributed by atoms with van der Waals surface area (Å²) in [4.78, 5) is 32.5. The number of carbonyl (C=O) groups is 2. The van der Waals surface area contributed by atoms with Crippen LogP contribution in [-0.4, -0.2) is 16.7 Å². The molecule has 0 aliphatic heterocycles. The average molecular weight is 467 g/mol. The minimum Gasteiger partial charge on any atom is -0.289 e. The number of halogens is 1. The standard InChI is InChI=1S/C28H19FN2O2S/c29-23-15-16-24-25(17-23)34-28(30-24)31(18-19-7-3-1-4-8-19)27(33)22-13-11-21(12-14-22)26(32)20-9-5-2-6-10-20/h1-17H,18H2. The van der Waals surface area contributed by atoms with E-state index in [1.807, 2.05) is 48.5 Å². The first kappa shape index (κ1) is 21.7. The van der Waals surface area contributed by atoms with Crippen LogP contribution in [0.5, 0.6) is 0 Å². The third-order valence-corrected chi connectivity index (χ3v) is 6.47. The van der Waals surface area contributed by atoms with Crippen molar-refractivity contribution in [2.45, 2.75) is 6.54 Å². The van der Waals surface area contributed by atoms with E-state index >= 15 is 0 Å². The van der Waals surface area contributed by atoms with Crippen molar-refractivity contribution < 1.29 is 14.0 Å². The molecule has 0 N–H and O–H groups in total. The summed E-state index contributed by atoms with van der Waals surface area (Å²) in [6.45, 7) is 0.312. The van der Waals surface area contributed by atoms with Gasteiger partial charge in [0.2, 0.25) is 0 Å². The van der Waals surface area contributed by atoms with E-state index in [0.29, 0.717) is 38.6 Å². The van der Waals surface area contributed by atoms with Crippen LogP contribution in [0.25, 0.3) is 10.2 Å². The van der Waals surface area contributed by atoms with Crippen LogP contribution in [-0.2, 0) is 6.54 Å². The van der Waals surface area contributed by atoms with Gasteiger partial charge >= 0.3 is 0 Å². The molecule has 1 aromatic heterocycles. The monoisotopic (exact) mass is 466 g/mol. The van der Waals surface area contributed by atoms with Crippen molar-refractivity contribution in [1.29, 1.82) is 0 Å². The molecule has 1 amide bonds. The number of rotatable bonds is 6. The normalized spacial score (nSPS) is 10.9. The molecular weight excluding hydrogens is 447 g/mol. The number of hydrogen-bond acceptors (Lipinski definition) is 4. The number of hydrogen-bond donors (Lipinski definition) is 0. The van der Waals surface area contributed by atoms with Crippen molar-refractivity contribution in [3.8, 4) is 0 Å². The number of nitrogens with zero attached hydrogens (tertiary/aromatic N) is 2. The van der Waals surface area contributed by atoms with Gasteiger partial charge in [0.05, 0.1) is 16.8 Å². The third kappa shape index (κ3) is 4.49. The van der Waals surface area contributed by atoms with E-state index in [9.17, 15) is 14.0 Å². The van der Waals surface area contributed by atoms with Crippen molar-refractivity contribution in [1.82, 2.24) is 4.98 Å². The Bertz CT molecular complexity index is 1470. The molecule has 4 nitrogen and oxygen atoms in total. The molecular formula is C28H19FN2O2S. The van der Waals surface area contributed by atoms with Gasteiger partial charge in [-0.2, -0.15) is 0 Å². The predicted molar refractivity (Wildman–Crippen MR) is 133 cm³/mol. The second-order valence-electron chi connectivity index (χ2n) is 7.76. The van der Waals surface area contributed by atoms with Crippen LogP contribution in [0.3, 0.4) is 0 Å². The third-order valence-electron chi connectivity index (χ3n) is 5.43. The molecule has 0 bridgehead atoms. The molecule has 0 radical (unpaired) electrons. The zero-order chi connectivity index (χ0) is 23.5. The Morgan fingerprint density at radius 3 is 2.09 bits per heavy atom. The molecule has 0 saturated heterocycles. The van der Waals surface area contributed by atoms with E-state index in [-0.39, 0.29) is 17.5 Å². The average Bonchev–Trinajstić information content (AvgIpc) is 3.30. The molecule has 0 atom stereocenters. The van der Waals surface area contributed by atoms with E-state index in [4.69, 9.17) is 0 Å². The molecule has 4 aromatic carbocycles.